The lowest BCUT2D eigenvalue weighted by atomic mass is 10.2. The van der Waals surface area contributed by atoms with Gasteiger partial charge in [0.1, 0.15) is 6.33 Å². The van der Waals surface area contributed by atoms with Crippen molar-refractivity contribution in [3.05, 3.63) is 23.8 Å². The quantitative estimate of drug-likeness (QED) is 0.695. The molecule has 1 N–H and O–H groups in total. The Labute approximate surface area is 71.0 Å². The van der Waals surface area contributed by atoms with Gasteiger partial charge in [-0.1, -0.05) is 0 Å². The summed E-state index contributed by atoms with van der Waals surface area (Å²) in [6, 6.07) is 0. The van der Waals surface area contributed by atoms with Gasteiger partial charge in [0.15, 0.2) is 0 Å². The molecule has 1 aromatic heterocycles. The number of hydrogen-bond acceptors (Lipinski definition) is 3. The van der Waals surface area contributed by atoms with Crippen molar-refractivity contribution in [2.45, 2.75) is 13.8 Å². The van der Waals surface area contributed by atoms with E-state index in [1.165, 1.54) is 12.5 Å². The molecule has 12 heavy (non-hydrogen) atoms. The van der Waals surface area contributed by atoms with Gasteiger partial charge in [0.25, 0.3) is 5.91 Å². The van der Waals surface area contributed by atoms with Crippen LogP contribution in [0, 0.1) is 6.92 Å². The number of carbonyl (C=O) groups is 1. The first-order valence-electron chi connectivity index (χ1n) is 3.80. The second-order valence-electron chi connectivity index (χ2n) is 2.38. The molecule has 0 spiro atoms. The first-order chi connectivity index (χ1) is 5.75. The van der Waals surface area contributed by atoms with Crippen LogP contribution in [0.2, 0.25) is 0 Å². The fraction of sp³-hybridized carbons (Fsp3) is 0.375. The van der Waals surface area contributed by atoms with E-state index in [-0.39, 0.29) is 5.91 Å². The number of aromatic nitrogens is 2. The summed E-state index contributed by atoms with van der Waals surface area (Å²) in [6.07, 6.45) is 2.95. The molecule has 1 heterocycles. The van der Waals surface area contributed by atoms with Crippen LogP contribution >= 0.6 is 0 Å². The van der Waals surface area contributed by atoms with Crippen LogP contribution in [0.1, 0.15) is 23.0 Å². The second-order valence-corrected chi connectivity index (χ2v) is 2.38. The Kier molecular flexibility index (Phi) is 2.74. The van der Waals surface area contributed by atoms with Gasteiger partial charge in [0.05, 0.1) is 11.3 Å². The van der Waals surface area contributed by atoms with E-state index in [0.717, 1.165) is 0 Å². The highest BCUT2D eigenvalue weighted by Crippen LogP contribution is 2.00. The maximum atomic E-state index is 11.3. The summed E-state index contributed by atoms with van der Waals surface area (Å²) in [5.74, 6) is -0.115. The van der Waals surface area contributed by atoms with Gasteiger partial charge in [-0.3, -0.25) is 4.79 Å². The van der Waals surface area contributed by atoms with E-state index in [0.29, 0.717) is 17.8 Å². The first-order valence-corrected chi connectivity index (χ1v) is 3.80. The van der Waals surface area contributed by atoms with Crippen molar-refractivity contribution in [2.75, 3.05) is 6.54 Å². The van der Waals surface area contributed by atoms with E-state index in [1.807, 2.05) is 6.92 Å². The van der Waals surface area contributed by atoms with Crippen molar-refractivity contribution in [1.82, 2.24) is 15.3 Å². The molecule has 0 atom stereocenters. The number of hydrogen-bond donors (Lipinski definition) is 1. The number of carbonyl (C=O) groups excluding carboxylic acids is 1. The van der Waals surface area contributed by atoms with Crippen molar-refractivity contribution in [1.29, 1.82) is 0 Å². The number of aryl methyl sites for hydroxylation is 1. The minimum absolute atomic E-state index is 0.115. The van der Waals surface area contributed by atoms with Crippen LogP contribution in [0.4, 0.5) is 0 Å². The van der Waals surface area contributed by atoms with Crippen LogP contribution in [-0.4, -0.2) is 22.4 Å². The molecule has 0 aliphatic heterocycles. The molecule has 0 aliphatic carbocycles. The lowest BCUT2D eigenvalue weighted by molar-refractivity contribution is 0.0954. The van der Waals surface area contributed by atoms with Crippen LogP contribution in [-0.2, 0) is 0 Å². The normalized spacial score (nSPS) is 9.50. The number of nitrogens with one attached hydrogen (secondary N) is 1. The van der Waals surface area contributed by atoms with Crippen molar-refractivity contribution in [2.24, 2.45) is 0 Å². The zero-order valence-electron chi connectivity index (χ0n) is 7.16. The zero-order valence-corrected chi connectivity index (χ0v) is 7.16. The lowest BCUT2D eigenvalue weighted by Gasteiger charge is -2.02. The van der Waals surface area contributed by atoms with Gasteiger partial charge in [-0.2, -0.15) is 0 Å². The van der Waals surface area contributed by atoms with Gasteiger partial charge in [-0.25, -0.2) is 9.97 Å². The Balaban J connectivity index is 2.87. The molecular formula is C8H11N3O. The zero-order chi connectivity index (χ0) is 8.97. The van der Waals surface area contributed by atoms with E-state index < -0.39 is 0 Å². The van der Waals surface area contributed by atoms with Crippen LogP contribution < -0.4 is 5.32 Å². The summed E-state index contributed by atoms with van der Waals surface area (Å²) >= 11 is 0. The highest BCUT2D eigenvalue weighted by molar-refractivity contribution is 5.94. The van der Waals surface area contributed by atoms with E-state index in [9.17, 15) is 4.79 Å². The summed E-state index contributed by atoms with van der Waals surface area (Å²) in [7, 11) is 0. The SMILES string of the molecule is CCNC(=O)c1cncnc1C. The largest absolute Gasteiger partial charge is 0.352 e. The molecule has 0 saturated carbocycles. The van der Waals surface area contributed by atoms with Crippen molar-refractivity contribution >= 4 is 5.91 Å². The molecule has 4 heteroatoms. The molecule has 0 aromatic carbocycles. The molecule has 1 amide bonds. The lowest BCUT2D eigenvalue weighted by Crippen LogP contribution is -2.23. The van der Waals surface area contributed by atoms with E-state index >= 15 is 0 Å². The molecule has 4 nitrogen and oxygen atoms in total. The summed E-state index contributed by atoms with van der Waals surface area (Å²) < 4.78 is 0. The number of nitrogens with zero attached hydrogens (tertiary/aromatic N) is 2. The predicted molar refractivity (Wildman–Crippen MR) is 44.8 cm³/mol. The molecular weight excluding hydrogens is 154 g/mol. The minimum atomic E-state index is -0.115. The van der Waals surface area contributed by atoms with Crippen molar-refractivity contribution in [3.8, 4) is 0 Å². The van der Waals surface area contributed by atoms with Crippen LogP contribution in [0.5, 0.6) is 0 Å². The molecule has 0 radical (unpaired) electrons. The van der Waals surface area contributed by atoms with Gasteiger partial charge < -0.3 is 5.32 Å². The smallest absolute Gasteiger partial charge is 0.254 e. The Morgan fingerprint density at radius 1 is 1.67 bits per heavy atom. The fourth-order valence-corrected chi connectivity index (χ4v) is 0.869. The molecule has 0 saturated heterocycles. The van der Waals surface area contributed by atoms with Crippen molar-refractivity contribution < 1.29 is 4.79 Å². The summed E-state index contributed by atoms with van der Waals surface area (Å²) in [5.41, 5.74) is 1.25. The summed E-state index contributed by atoms with van der Waals surface area (Å²) in [4.78, 5) is 19.0. The first kappa shape index (κ1) is 8.64. The Morgan fingerprint density at radius 3 is 3.00 bits per heavy atom. The number of amides is 1. The topological polar surface area (TPSA) is 54.9 Å². The fourth-order valence-electron chi connectivity index (χ4n) is 0.869. The van der Waals surface area contributed by atoms with Crippen LogP contribution in [0.15, 0.2) is 12.5 Å². The van der Waals surface area contributed by atoms with Gasteiger partial charge in [0.2, 0.25) is 0 Å². The van der Waals surface area contributed by atoms with Gasteiger partial charge in [-0.05, 0) is 13.8 Å². The third kappa shape index (κ3) is 1.78. The Morgan fingerprint density at radius 2 is 2.42 bits per heavy atom. The molecule has 0 unspecified atom stereocenters. The third-order valence-electron chi connectivity index (χ3n) is 1.49. The van der Waals surface area contributed by atoms with E-state index in [1.54, 1.807) is 6.92 Å². The predicted octanol–water partition coefficient (Wildman–Crippen LogP) is 0.535. The highest BCUT2D eigenvalue weighted by Gasteiger charge is 2.07. The van der Waals surface area contributed by atoms with Gasteiger partial charge in [0, 0.05) is 12.7 Å². The Bertz CT molecular complexity index is 285. The van der Waals surface area contributed by atoms with Gasteiger partial charge in [-0.15, -0.1) is 0 Å². The maximum absolute atomic E-state index is 11.3. The summed E-state index contributed by atoms with van der Waals surface area (Å²) in [5, 5.41) is 2.68. The molecule has 1 rings (SSSR count). The summed E-state index contributed by atoms with van der Waals surface area (Å²) in [6.45, 7) is 4.27. The maximum Gasteiger partial charge on any atom is 0.254 e. The van der Waals surface area contributed by atoms with E-state index in [2.05, 4.69) is 15.3 Å². The number of rotatable bonds is 2. The second kappa shape index (κ2) is 3.80. The highest BCUT2D eigenvalue weighted by atomic mass is 16.1. The monoisotopic (exact) mass is 165 g/mol. The average Bonchev–Trinajstić information content (AvgIpc) is 2.05. The molecule has 0 fully saturated rings. The van der Waals surface area contributed by atoms with Crippen molar-refractivity contribution in [3.63, 3.8) is 0 Å². The third-order valence-corrected chi connectivity index (χ3v) is 1.49. The van der Waals surface area contributed by atoms with E-state index in [4.69, 9.17) is 0 Å². The average molecular weight is 165 g/mol. The standard InChI is InChI=1S/C8H11N3O/c1-3-10-8(12)7-4-9-5-11-6(7)2/h4-5H,3H2,1-2H3,(H,10,12). The minimum Gasteiger partial charge on any atom is -0.352 e. The molecule has 0 aliphatic rings. The molecule has 64 valence electrons. The molecule has 1 aromatic rings. The van der Waals surface area contributed by atoms with Crippen LogP contribution in [0.3, 0.4) is 0 Å². The van der Waals surface area contributed by atoms with Gasteiger partial charge >= 0.3 is 0 Å². The van der Waals surface area contributed by atoms with Crippen LogP contribution in [0.25, 0.3) is 0 Å². The Hall–Kier alpha value is -1.45. The molecule has 0 bridgehead atoms.